The highest BCUT2D eigenvalue weighted by Crippen LogP contribution is 2.28. The molecule has 3 heteroatoms. The summed E-state index contributed by atoms with van der Waals surface area (Å²) < 4.78 is 13.0. The number of hydrogen-bond donors (Lipinski definition) is 0. The lowest BCUT2D eigenvalue weighted by Gasteiger charge is -2.08. The van der Waals surface area contributed by atoms with E-state index in [0.29, 0.717) is 6.42 Å². The molecule has 20 heavy (non-hydrogen) atoms. The second kappa shape index (κ2) is 5.10. The lowest BCUT2D eigenvalue weighted by molar-refractivity contribution is 0.628. The fourth-order valence-electron chi connectivity index (χ4n) is 2.35. The highest BCUT2D eigenvalue weighted by Gasteiger charge is 2.08. The zero-order valence-corrected chi connectivity index (χ0v) is 10.7. The maximum absolute atomic E-state index is 13.0. The summed E-state index contributed by atoms with van der Waals surface area (Å²) in [5, 5.41) is 10.9. The van der Waals surface area contributed by atoms with Crippen molar-refractivity contribution >= 4 is 10.8 Å². The number of nitrogens with zero attached hydrogens (tertiary/aromatic N) is 2. The smallest absolute Gasteiger partial charge is 0.123 e. The van der Waals surface area contributed by atoms with Crippen molar-refractivity contribution in [3.05, 3.63) is 66.1 Å². The first-order valence-electron chi connectivity index (χ1n) is 6.29. The highest BCUT2D eigenvalue weighted by atomic mass is 19.1. The molecule has 0 amide bonds. The normalized spacial score (nSPS) is 10.4. The molecule has 0 bridgehead atoms. The van der Waals surface area contributed by atoms with Gasteiger partial charge in [-0.3, -0.25) is 4.98 Å². The maximum atomic E-state index is 13.0. The molecule has 0 saturated heterocycles. The van der Waals surface area contributed by atoms with Crippen LogP contribution in [0.1, 0.15) is 5.56 Å². The molecular weight excluding hydrogens is 251 g/mol. The van der Waals surface area contributed by atoms with E-state index in [1.807, 2.05) is 24.3 Å². The lowest BCUT2D eigenvalue weighted by Crippen LogP contribution is -1.90. The van der Waals surface area contributed by atoms with E-state index in [1.54, 1.807) is 18.3 Å². The molecule has 0 saturated carbocycles. The average Bonchev–Trinajstić information content (AvgIpc) is 2.48. The summed E-state index contributed by atoms with van der Waals surface area (Å²) in [6, 6.07) is 16.2. The third-order valence-electron chi connectivity index (χ3n) is 3.28. The third-order valence-corrected chi connectivity index (χ3v) is 3.28. The van der Waals surface area contributed by atoms with Gasteiger partial charge in [-0.05, 0) is 41.3 Å². The van der Waals surface area contributed by atoms with Crippen LogP contribution in [0, 0.1) is 17.1 Å². The monoisotopic (exact) mass is 262 g/mol. The number of aromatic nitrogens is 1. The molecular formula is C17H11FN2. The van der Waals surface area contributed by atoms with E-state index in [-0.39, 0.29) is 5.82 Å². The predicted molar refractivity (Wildman–Crippen MR) is 76.5 cm³/mol. The molecule has 0 spiro atoms. The Morgan fingerprint density at radius 3 is 2.55 bits per heavy atom. The second-order valence-corrected chi connectivity index (χ2v) is 4.51. The van der Waals surface area contributed by atoms with Gasteiger partial charge in [-0.15, -0.1) is 0 Å². The van der Waals surface area contributed by atoms with Crippen LogP contribution in [0.15, 0.2) is 54.7 Å². The molecule has 0 atom stereocenters. The molecule has 0 fully saturated rings. The first-order valence-corrected chi connectivity index (χ1v) is 6.29. The third kappa shape index (κ3) is 2.12. The van der Waals surface area contributed by atoms with Gasteiger partial charge in [0.2, 0.25) is 0 Å². The van der Waals surface area contributed by atoms with Crippen LogP contribution in [0.2, 0.25) is 0 Å². The molecule has 0 unspecified atom stereocenters. The van der Waals surface area contributed by atoms with Crippen LogP contribution in [0.5, 0.6) is 0 Å². The molecule has 2 nitrogen and oxygen atoms in total. The minimum Gasteiger partial charge on any atom is -0.256 e. The van der Waals surface area contributed by atoms with Gasteiger partial charge in [-0.1, -0.05) is 18.2 Å². The van der Waals surface area contributed by atoms with Crippen LogP contribution in [0.3, 0.4) is 0 Å². The molecule has 1 aromatic heterocycles. The van der Waals surface area contributed by atoms with E-state index < -0.39 is 0 Å². The van der Waals surface area contributed by atoms with Crippen molar-refractivity contribution in [3.8, 4) is 17.3 Å². The minimum absolute atomic E-state index is 0.265. The fourth-order valence-corrected chi connectivity index (χ4v) is 2.35. The summed E-state index contributed by atoms with van der Waals surface area (Å²) in [5.74, 6) is -0.265. The first kappa shape index (κ1) is 12.3. The van der Waals surface area contributed by atoms with Crippen molar-refractivity contribution in [1.82, 2.24) is 4.98 Å². The first-order chi connectivity index (χ1) is 9.79. The standard InChI is InChI=1S/C17H11FN2/c18-14-6-4-13(5-7-14)17-16-3-1-2-12(8-10-19)15(16)9-11-20-17/h1-7,9,11H,8H2. The number of pyridine rings is 1. The van der Waals surface area contributed by atoms with Crippen LogP contribution < -0.4 is 0 Å². The molecule has 1 heterocycles. The van der Waals surface area contributed by atoms with E-state index >= 15 is 0 Å². The van der Waals surface area contributed by atoms with Crippen molar-refractivity contribution in [2.45, 2.75) is 6.42 Å². The van der Waals surface area contributed by atoms with Crippen LogP contribution in [0.25, 0.3) is 22.0 Å². The van der Waals surface area contributed by atoms with Gasteiger partial charge in [0, 0.05) is 17.1 Å². The molecule has 0 N–H and O–H groups in total. The molecule has 0 aliphatic rings. The van der Waals surface area contributed by atoms with Crippen LogP contribution in [-0.4, -0.2) is 4.98 Å². The van der Waals surface area contributed by atoms with Gasteiger partial charge in [0.1, 0.15) is 5.82 Å². The predicted octanol–water partition coefficient (Wildman–Crippen LogP) is 4.11. The van der Waals surface area contributed by atoms with Gasteiger partial charge in [-0.2, -0.15) is 5.26 Å². The molecule has 0 aliphatic carbocycles. The summed E-state index contributed by atoms with van der Waals surface area (Å²) in [5.41, 5.74) is 2.66. The number of benzene rings is 2. The molecule has 96 valence electrons. The zero-order chi connectivity index (χ0) is 13.9. The number of halogens is 1. The van der Waals surface area contributed by atoms with E-state index in [2.05, 4.69) is 11.1 Å². The number of nitriles is 1. The van der Waals surface area contributed by atoms with Crippen LogP contribution in [0.4, 0.5) is 4.39 Å². The molecule has 2 aromatic carbocycles. The molecule has 3 rings (SSSR count). The summed E-state index contributed by atoms with van der Waals surface area (Å²) in [6.07, 6.45) is 2.09. The van der Waals surface area contributed by atoms with Crippen molar-refractivity contribution in [1.29, 1.82) is 5.26 Å². The van der Waals surface area contributed by atoms with Gasteiger partial charge in [0.05, 0.1) is 18.2 Å². The van der Waals surface area contributed by atoms with Crippen molar-refractivity contribution in [2.75, 3.05) is 0 Å². The Balaban J connectivity index is 2.24. The van der Waals surface area contributed by atoms with Crippen molar-refractivity contribution in [3.63, 3.8) is 0 Å². The summed E-state index contributed by atoms with van der Waals surface area (Å²) in [4.78, 5) is 4.40. The molecule has 0 radical (unpaired) electrons. The van der Waals surface area contributed by atoms with E-state index in [1.165, 1.54) is 12.1 Å². The summed E-state index contributed by atoms with van der Waals surface area (Å²) in [7, 11) is 0. The van der Waals surface area contributed by atoms with E-state index in [0.717, 1.165) is 27.6 Å². The summed E-state index contributed by atoms with van der Waals surface area (Å²) in [6.45, 7) is 0. The lowest BCUT2D eigenvalue weighted by atomic mass is 9.99. The quantitative estimate of drug-likeness (QED) is 0.697. The number of fused-ring (bicyclic) bond motifs is 1. The topological polar surface area (TPSA) is 36.7 Å². The van der Waals surface area contributed by atoms with E-state index in [4.69, 9.17) is 5.26 Å². The Kier molecular flexibility index (Phi) is 3.14. The maximum Gasteiger partial charge on any atom is 0.123 e. The van der Waals surface area contributed by atoms with Crippen LogP contribution in [-0.2, 0) is 6.42 Å². The van der Waals surface area contributed by atoms with Crippen molar-refractivity contribution < 1.29 is 4.39 Å². The zero-order valence-electron chi connectivity index (χ0n) is 10.7. The summed E-state index contributed by atoms with van der Waals surface area (Å²) >= 11 is 0. The van der Waals surface area contributed by atoms with Crippen molar-refractivity contribution in [2.24, 2.45) is 0 Å². The number of rotatable bonds is 2. The highest BCUT2D eigenvalue weighted by molar-refractivity contribution is 5.96. The largest absolute Gasteiger partial charge is 0.256 e. The SMILES string of the molecule is N#CCc1cccc2c(-c3ccc(F)cc3)nccc12. The van der Waals surface area contributed by atoms with Gasteiger partial charge >= 0.3 is 0 Å². The molecule has 0 aliphatic heterocycles. The van der Waals surface area contributed by atoms with E-state index in [9.17, 15) is 4.39 Å². The Morgan fingerprint density at radius 1 is 1.00 bits per heavy atom. The second-order valence-electron chi connectivity index (χ2n) is 4.51. The Hall–Kier alpha value is -2.73. The van der Waals surface area contributed by atoms with Gasteiger partial charge in [0.25, 0.3) is 0 Å². The minimum atomic E-state index is -0.265. The van der Waals surface area contributed by atoms with Gasteiger partial charge in [-0.25, -0.2) is 4.39 Å². The Bertz CT molecular complexity index is 801. The number of hydrogen-bond acceptors (Lipinski definition) is 2. The average molecular weight is 262 g/mol. The Labute approximate surface area is 116 Å². The van der Waals surface area contributed by atoms with Crippen LogP contribution >= 0.6 is 0 Å². The van der Waals surface area contributed by atoms with Gasteiger partial charge < -0.3 is 0 Å². The fraction of sp³-hybridized carbons (Fsp3) is 0.0588. The van der Waals surface area contributed by atoms with Gasteiger partial charge in [0.15, 0.2) is 0 Å². The Morgan fingerprint density at radius 2 is 1.80 bits per heavy atom. The molecule has 3 aromatic rings.